The number of anilines is 2. The van der Waals surface area contributed by atoms with Crippen LogP contribution in [-0.4, -0.2) is 18.9 Å². The van der Waals surface area contributed by atoms with E-state index in [9.17, 15) is 13.2 Å². The van der Waals surface area contributed by atoms with Gasteiger partial charge in [-0.05, 0) is 12.1 Å². The monoisotopic (exact) mass is 246 g/mol. The third-order valence-electron chi connectivity index (χ3n) is 1.53. The maximum atomic E-state index is 10.7. The fraction of sp³-hybridized carbons (Fsp3) is 0.125. The number of hydrogen-bond acceptors (Lipinski definition) is 5. The van der Waals surface area contributed by atoms with Gasteiger partial charge < -0.3 is 15.2 Å². The Balaban J connectivity index is 3.04. The molecule has 1 amide bonds. The van der Waals surface area contributed by atoms with Crippen molar-refractivity contribution in [2.75, 3.05) is 11.1 Å². The van der Waals surface area contributed by atoms with Gasteiger partial charge in [0.05, 0.1) is 5.69 Å². The molecule has 0 aliphatic carbocycles. The van der Waals surface area contributed by atoms with E-state index in [0.717, 1.165) is 0 Å². The smallest absolute Gasteiger partial charge is 0.396 e. The summed E-state index contributed by atoms with van der Waals surface area (Å²) in [7, 11) is -4.64. The van der Waals surface area contributed by atoms with E-state index < -0.39 is 10.4 Å². The normalized spacial score (nSPS) is 10.9. The van der Waals surface area contributed by atoms with Gasteiger partial charge in [-0.3, -0.25) is 9.35 Å². The third kappa shape index (κ3) is 3.75. The van der Waals surface area contributed by atoms with Crippen LogP contribution in [0.3, 0.4) is 0 Å². The first-order valence-electron chi connectivity index (χ1n) is 4.12. The number of nitrogens with two attached hydrogens (primary N) is 1. The minimum Gasteiger partial charge on any atom is -0.396 e. The number of nitrogen functional groups attached to an aromatic ring is 1. The number of benzene rings is 1. The van der Waals surface area contributed by atoms with Crippen LogP contribution in [-0.2, 0) is 15.2 Å². The minimum atomic E-state index is -4.64. The molecule has 0 heterocycles. The Hall–Kier alpha value is -1.80. The predicted octanol–water partition coefficient (Wildman–Crippen LogP) is 0.409. The second-order valence-corrected chi connectivity index (χ2v) is 3.97. The van der Waals surface area contributed by atoms with Gasteiger partial charge in [0.15, 0.2) is 5.75 Å². The summed E-state index contributed by atoms with van der Waals surface area (Å²) >= 11 is 0. The van der Waals surface area contributed by atoms with E-state index in [1.54, 1.807) is 0 Å². The zero-order valence-electron chi connectivity index (χ0n) is 8.30. The van der Waals surface area contributed by atoms with Crippen molar-refractivity contribution < 1.29 is 21.9 Å². The van der Waals surface area contributed by atoms with E-state index in [4.69, 9.17) is 10.3 Å². The standard InChI is InChI=1S/C8H10N2O5S/c1-5(11)10-6-2-3-7(9)8(4-6)15-16(12,13)14/h2-4H,9H2,1H3,(H,10,11)(H,12,13,14). The molecule has 0 aliphatic heterocycles. The molecule has 0 aliphatic rings. The van der Waals surface area contributed by atoms with E-state index in [1.807, 2.05) is 0 Å². The van der Waals surface area contributed by atoms with Crippen molar-refractivity contribution in [3.63, 3.8) is 0 Å². The molecule has 8 heteroatoms. The van der Waals surface area contributed by atoms with Crippen LogP contribution in [0, 0.1) is 0 Å². The first kappa shape index (κ1) is 12.3. The summed E-state index contributed by atoms with van der Waals surface area (Å²) in [5.74, 6) is -0.587. The minimum absolute atomic E-state index is 0.0201. The van der Waals surface area contributed by atoms with Gasteiger partial charge in [-0.2, -0.15) is 8.42 Å². The van der Waals surface area contributed by atoms with Crippen LogP contribution < -0.4 is 15.2 Å². The average Bonchev–Trinajstić information content (AvgIpc) is 2.07. The lowest BCUT2D eigenvalue weighted by Crippen LogP contribution is -2.10. The maximum Gasteiger partial charge on any atom is 0.446 e. The molecule has 1 rings (SSSR count). The van der Waals surface area contributed by atoms with Crippen molar-refractivity contribution in [2.45, 2.75) is 6.92 Å². The summed E-state index contributed by atoms with van der Waals surface area (Å²) in [4.78, 5) is 10.7. The molecule has 0 saturated heterocycles. The molecule has 88 valence electrons. The van der Waals surface area contributed by atoms with E-state index in [-0.39, 0.29) is 17.3 Å². The van der Waals surface area contributed by atoms with Crippen molar-refractivity contribution in [3.05, 3.63) is 18.2 Å². The van der Waals surface area contributed by atoms with E-state index in [0.29, 0.717) is 5.69 Å². The Morgan fingerprint density at radius 3 is 2.62 bits per heavy atom. The molecule has 0 radical (unpaired) electrons. The van der Waals surface area contributed by atoms with Crippen molar-refractivity contribution in [2.24, 2.45) is 0 Å². The summed E-state index contributed by atoms with van der Waals surface area (Å²) in [6.07, 6.45) is 0. The molecule has 0 aromatic heterocycles. The number of nitrogens with one attached hydrogen (secondary N) is 1. The van der Waals surface area contributed by atoms with Crippen LogP contribution >= 0.6 is 0 Å². The largest absolute Gasteiger partial charge is 0.446 e. The summed E-state index contributed by atoms with van der Waals surface area (Å²) in [5, 5.41) is 2.41. The highest BCUT2D eigenvalue weighted by Gasteiger charge is 2.11. The molecule has 0 fully saturated rings. The van der Waals surface area contributed by atoms with Gasteiger partial charge in [-0.25, -0.2) is 0 Å². The number of hydrogen-bond donors (Lipinski definition) is 3. The van der Waals surface area contributed by atoms with Crippen LogP contribution in [0.4, 0.5) is 11.4 Å². The zero-order valence-corrected chi connectivity index (χ0v) is 9.11. The van der Waals surface area contributed by atoms with Crippen LogP contribution in [0.1, 0.15) is 6.92 Å². The van der Waals surface area contributed by atoms with Crippen LogP contribution in [0.25, 0.3) is 0 Å². The molecule has 0 bridgehead atoms. The first-order chi connectivity index (χ1) is 7.28. The van der Waals surface area contributed by atoms with Gasteiger partial charge >= 0.3 is 10.4 Å². The number of carbonyl (C=O) groups excluding carboxylic acids is 1. The van der Waals surface area contributed by atoms with Crippen molar-refractivity contribution >= 4 is 27.7 Å². The first-order valence-corrected chi connectivity index (χ1v) is 5.48. The van der Waals surface area contributed by atoms with Crippen LogP contribution in [0.15, 0.2) is 18.2 Å². The lowest BCUT2D eigenvalue weighted by atomic mass is 10.2. The molecule has 0 unspecified atom stereocenters. The maximum absolute atomic E-state index is 10.7. The number of rotatable bonds is 3. The summed E-state index contributed by atoms with van der Waals surface area (Å²) in [5.41, 5.74) is 5.74. The lowest BCUT2D eigenvalue weighted by Gasteiger charge is -2.07. The molecular weight excluding hydrogens is 236 g/mol. The van der Waals surface area contributed by atoms with Crippen LogP contribution in [0.2, 0.25) is 0 Å². The molecule has 4 N–H and O–H groups in total. The Morgan fingerprint density at radius 1 is 1.50 bits per heavy atom. The quantitative estimate of drug-likeness (QED) is 0.525. The second-order valence-electron chi connectivity index (χ2n) is 2.94. The molecule has 16 heavy (non-hydrogen) atoms. The highest BCUT2D eigenvalue weighted by atomic mass is 32.3. The molecule has 0 saturated carbocycles. The molecule has 1 aromatic carbocycles. The van der Waals surface area contributed by atoms with Gasteiger partial charge in [-0.1, -0.05) is 0 Å². The number of carbonyl (C=O) groups is 1. The summed E-state index contributed by atoms with van der Waals surface area (Å²) in [6, 6.07) is 3.99. The SMILES string of the molecule is CC(=O)Nc1ccc(N)c(OS(=O)(=O)O)c1. The van der Waals surface area contributed by atoms with E-state index >= 15 is 0 Å². The topological polar surface area (TPSA) is 119 Å². The molecule has 7 nitrogen and oxygen atoms in total. The van der Waals surface area contributed by atoms with Gasteiger partial charge in [0.1, 0.15) is 0 Å². The van der Waals surface area contributed by atoms with Gasteiger partial charge in [0.2, 0.25) is 5.91 Å². The van der Waals surface area contributed by atoms with Crippen molar-refractivity contribution in [3.8, 4) is 5.75 Å². The lowest BCUT2D eigenvalue weighted by molar-refractivity contribution is -0.114. The predicted molar refractivity (Wildman–Crippen MR) is 57.3 cm³/mol. The highest BCUT2D eigenvalue weighted by molar-refractivity contribution is 7.81. The van der Waals surface area contributed by atoms with Gasteiger partial charge in [0.25, 0.3) is 0 Å². The third-order valence-corrected chi connectivity index (χ3v) is 1.92. The Kier molecular flexibility index (Phi) is 3.35. The Morgan fingerprint density at radius 2 is 2.12 bits per heavy atom. The fourth-order valence-corrected chi connectivity index (χ4v) is 1.37. The van der Waals surface area contributed by atoms with Crippen LogP contribution in [0.5, 0.6) is 5.75 Å². The molecular formula is C8H10N2O5S. The highest BCUT2D eigenvalue weighted by Crippen LogP contribution is 2.26. The zero-order chi connectivity index (χ0) is 12.3. The fourth-order valence-electron chi connectivity index (χ4n) is 1.00. The second kappa shape index (κ2) is 4.37. The Bertz CT molecular complexity index is 511. The van der Waals surface area contributed by atoms with Gasteiger partial charge in [0, 0.05) is 18.7 Å². The molecule has 0 spiro atoms. The average molecular weight is 246 g/mol. The van der Waals surface area contributed by atoms with Crippen molar-refractivity contribution in [1.29, 1.82) is 0 Å². The molecule has 1 aromatic rings. The van der Waals surface area contributed by atoms with E-state index in [1.165, 1.54) is 25.1 Å². The molecule has 0 atom stereocenters. The van der Waals surface area contributed by atoms with Crippen molar-refractivity contribution in [1.82, 2.24) is 0 Å². The summed E-state index contributed by atoms with van der Waals surface area (Å²) in [6.45, 7) is 1.29. The Labute approximate surface area is 92.2 Å². The van der Waals surface area contributed by atoms with Gasteiger partial charge in [-0.15, -0.1) is 0 Å². The summed E-state index contributed by atoms with van der Waals surface area (Å²) < 4.78 is 33.6. The van der Waals surface area contributed by atoms with E-state index in [2.05, 4.69) is 9.50 Å². The number of amides is 1.